The van der Waals surface area contributed by atoms with Crippen molar-refractivity contribution in [3.63, 3.8) is 0 Å². The molecule has 0 spiro atoms. The molecule has 172 valence electrons. The topological polar surface area (TPSA) is 59.7 Å². The second-order valence-electron chi connectivity index (χ2n) is 9.63. The zero-order chi connectivity index (χ0) is 22.1. The molecule has 3 amide bonds. The van der Waals surface area contributed by atoms with Crippen LogP contribution in [0.5, 0.6) is 0 Å². The van der Waals surface area contributed by atoms with Gasteiger partial charge in [-0.15, -0.1) is 0 Å². The monoisotopic (exact) mass is 440 g/mol. The summed E-state index contributed by atoms with van der Waals surface area (Å²) < 4.78 is 13.7. The predicted molar refractivity (Wildman–Crippen MR) is 122 cm³/mol. The minimum absolute atomic E-state index is 0.00845. The fourth-order valence-corrected chi connectivity index (χ4v) is 5.78. The molecule has 0 radical (unpaired) electrons. The number of urea groups is 1. The van der Waals surface area contributed by atoms with E-state index >= 15 is 0 Å². The van der Waals surface area contributed by atoms with Crippen LogP contribution in [0.4, 0.5) is 9.18 Å². The smallest absolute Gasteiger partial charge is 0.326 e. The van der Waals surface area contributed by atoms with Crippen LogP contribution in [0, 0.1) is 5.82 Å². The number of amides is 3. The zero-order valence-electron chi connectivity index (χ0n) is 18.7. The van der Waals surface area contributed by atoms with E-state index in [4.69, 9.17) is 0 Å². The number of H-pyrrole nitrogens is 1. The van der Waals surface area contributed by atoms with Crippen molar-refractivity contribution >= 4 is 22.8 Å². The summed E-state index contributed by atoms with van der Waals surface area (Å²) in [4.78, 5) is 34.4. The summed E-state index contributed by atoms with van der Waals surface area (Å²) in [5.74, 6) is 0.286. The van der Waals surface area contributed by atoms with Crippen molar-refractivity contribution in [3.8, 4) is 0 Å². The number of hydrogen-bond donors (Lipinski definition) is 1. The number of unbranched alkanes of at least 4 members (excludes halogenated alkanes) is 1. The second-order valence-corrected chi connectivity index (χ2v) is 9.63. The average Bonchev–Trinajstić information content (AvgIpc) is 3.22. The van der Waals surface area contributed by atoms with Gasteiger partial charge in [-0.2, -0.15) is 0 Å². The number of nitrogens with zero attached hydrogens (tertiary/aromatic N) is 3. The van der Waals surface area contributed by atoms with Gasteiger partial charge in [0.05, 0.1) is 0 Å². The number of halogens is 1. The third-order valence-electron chi connectivity index (χ3n) is 7.62. The molecule has 1 unspecified atom stereocenters. The predicted octanol–water partition coefficient (Wildman–Crippen LogP) is 4.47. The fraction of sp³-hybridized carbons (Fsp3) is 0.600. The van der Waals surface area contributed by atoms with E-state index in [1.165, 1.54) is 16.5 Å². The molecule has 3 aliphatic rings. The largest absolute Gasteiger partial charge is 0.361 e. The molecule has 3 fully saturated rings. The number of imide groups is 1. The van der Waals surface area contributed by atoms with Crippen LogP contribution in [0.25, 0.3) is 10.9 Å². The van der Waals surface area contributed by atoms with Gasteiger partial charge in [-0.3, -0.25) is 9.69 Å². The van der Waals surface area contributed by atoms with Crippen LogP contribution in [0.1, 0.15) is 62.8 Å². The van der Waals surface area contributed by atoms with Crippen LogP contribution in [0.15, 0.2) is 24.4 Å². The Kier molecular flexibility index (Phi) is 6.17. The molecule has 0 bridgehead atoms. The number of benzene rings is 1. The Morgan fingerprint density at radius 1 is 1.00 bits per heavy atom. The molecule has 0 aliphatic carbocycles. The first-order valence-corrected chi connectivity index (χ1v) is 12.2. The minimum Gasteiger partial charge on any atom is -0.361 e. The third-order valence-corrected chi connectivity index (χ3v) is 7.62. The van der Waals surface area contributed by atoms with Crippen molar-refractivity contribution in [2.45, 2.75) is 63.3 Å². The summed E-state index contributed by atoms with van der Waals surface area (Å²) in [6, 6.07) is 5.02. The zero-order valence-corrected chi connectivity index (χ0v) is 18.7. The third kappa shape index (κ3) is 4.27. The Bertz CT molecular complexity index is 981. The molecule has 1 N–H and O–H groups in total. The first kappa shape index (κ1) is 21.4. The highest BCUT2D eigenvalue weighted by Gasteiger charge is 2.39. The van der Waals surface area contributed by atoms with Crippen LogP contribution < -0.4 is 0 Å². The Labute approximate surface area is 188 Å². The molecular formula is C25H33FN4O2. The van der Waals surface area contributed by atoms with E-state index in [1.807, 2.05) is 17.2 Å². The minimum atomic E-state index is -0.183. The van der Waals surface area contributed by atoms with E-state index in [2.05, 4.69) is 9.88 Å². The molecule has 5 rings (SSSR count). The van der Waals surface area contributed by atoms with E-state index in [-0.39, 0.29) is 23.8 Å². The van der Waals surface area contributed by atoms with Gasteiger partial charge in [0.15, 0.2) is 0 Å². The first-order chi connectivity index (χ1) is 15.6. The van der Waals surface area contributed by atoms with Gasteiger partial charge >= 0.3 is 6.03 Å². The summed E-state index contributed by atoms with van der Waals surface area (Å²) in [5, 5.41) is 1.01. The van der Waals surface area contributed by atoms with E-state index < -0.39 is 0 Å². The quantitative estimate of drug-likeness (QED) is 0.674. The highest BCUT2D eigenvalue weighted by Crippen LogP contribution is 2.33. The van der Waals surface area contributed by atoms with Crippen LogP contribution in [-0.4, -0.2) is 70.4 Å². The second kappa shape index (κ2) is 9.22. The van der Waals surface area contributed by atoms with E-state index in [1.54, 1.807) is 6.07 Å². The molecule has 2 aromatic rings. The molecular weight excluding hydrogens is 407 g/mol. The van der Waals surface area contributed by atoms with Crippen LogP contribution in [0.3, 0.4) is 0 Å². The summed E-state index contributed by atoms with van der Waals surface area (Å²) in [6.07, 6.45) is 9.67. The lowest BCUT2D eigenvalue weighted by Gasteiger charge is -2.42. The van der Waals surface area contributed by atoms with Gasteiger partial charge in [0.25, 0.3) is 0 Å². The molecule has 3 saturated heterocycles. The maximum atomic E-state index is 13.7. The van der Waals surface area contributed by atoms with Crippen molar-refractivity contribution in [2.24, 2.45) is 0 Å². The van der Waals surface area contributed by atoms with Crippen molar-refractivity contribution in [1.29, 1.82) is 0 Å². The van der Waals surface area contributed by atoms with Gasteiger partial charge in [0.1, 0.15) is 5.82 Å². The number of hydrogen-bond acceptors (Lipinski definition) is 3. The molecule has 0 saturated carbocycles. The standard InChI is InChI=1S/C25H33FN4O2/c26-19-6-7-23-21(15-19)22(17-27-23)18-8-13-28(14-9-18)10-3-4-12-30-24(31)16-20-5-1-2-11-29(20)25(30)32/h6-7,15,17-18,20,27H,1-5,8-14,16H2. The lowest BCUT2D eigenvalue weighted by molar-refractivity contribution is -0.133. The molecule has 7 heteroatoms. The SMILES string of the molecule is O=C1CC2CCCCN2C(=O)N1CCCCN1CCC(c2c[nH]c3ccc(F)cc23)CC1. The number of carbonyl (C=O) groups is 2. The molecule has 6 nitrogen and oxygen atoms in total. The Hall–Kier alpha value is -2.41. The first-order valence-electron chi connectivity index (χ1n) is 12.2. The van der Waals surface area contributed by atoms with E-state index in [0.717, 1.165) is 82.0 Å². The van der Waals surface area contributed by atoms with Crippen LogP contribution in [-0.2, 0) is 4.79 Å². The number of aromatic nitrogens is 1. The van der Waals surface area contributed by atoms with Crippen LogP contribution >= 0.6 is 0 Å². The van der Waals surface area contributed by atoms with Crippen molar-refractivity contribution in [2.75, 3.05) is 32.7 Å². The molecule has 3 aliphatic heterocycles. The van der Waals surface area contributed by atoms with Gasteiger partial charge in [0.2, 0.25) is 5.91 Å². The highest BCUT2D eigenvalue weighted by molar-refractivity contribution is 5.97. The van der Waals surface area contributed by atoms with Gasteiger partial charge in [-0.1, -0.05) is 0 Å². The summed E-state index contributed by atoms with van der Waals surface area (Å²) in [6.45, 7) is 4.40. The summed E-state index contributed by atoms with van der Waals surface area (Å²) in [5.41, 5.74) is 2.24. The van der Waals surface area contributed by atoms with Crippen LogP contribution in [0.2, 0.25) is 0 Å². The summed E-state index contributed by atoms with van der Waals surface area (Å²) in [7, 11) is 0. The van der Waals surface area contributed by atoms with Gasteiger partial charge in [-0.25, -0.2) is 9.18 Å². The van der Waals surface area contributed by atoms with Gasteiger partial charge in [-0.05, 0) is 94.3 Å². The van der Waals surface area contributed by atoms with E-state index in [9.17, 15) is 14.0 Å². The van der Waals surface area contributed by atoms with Crippen molar-refractivity contribution < 1.29 is 14.0 Å². The Morgan fingerprint density at radius 2 is 1.81 bits per heavy atom. The molecule has 1 aromatic heterocycles. The maximum Gasteiger partial charge on any atom is 0.326 e. The number of rotatable bonds is 6. The van der Waals surface area contributed by atoms with E-state index in [0.29, 0.717) is 18.9 Å². The average molecular weight is 441 g/mol. The molecule has 1 atom stereocenters. The van der Waals surface area contributed by atoms with Gasteiger partial charge < -0.3 is 14.8 Å². The number of likely N-dealkylation sites (tertiary alicyclic amines) is 1. The fourth-order valence-electron chi connectivity index (χ4n) is 5.78. The van der Waals surface area contributed by atoms with Crippen molar-refractivity contribution in [3.05, 3.63) is 35.8 Å². The van der Waals surface area contributed by atoms with Gasteiger partial charge in [0, 0.05) is 42.7 Å². The number of carbonyl (C=O) groups excluding carboxylic acids is 2. The Balaban J connectivity index is 1.07. The van der Waals surface area contributed by atoms with Crippen molar-refractivity contribution in [1.82, 2.24) is 19.7 Å². The molecule has 1 aromatic carbocycles. The number of aromatic amines is 1. The highest BCUT2D eigenvalue weighted by atomic mass is 19.1. The molecule has 4 heterocycles. The summed E-state index contributed by atoms with van der Waals surface area (Å²) >= 11 is 0. The maximum absolute atomic E-state index is 13.7. The number of fused-ring (bicyclic) bond motifs is 2. The lowest BCUT2D eigenvalue weighted by atomic mass is 9.89. The lowest BCUT2D eigenvalue weighted by Crippen LogP contribution is -2.58. The Morgan fingerprint density at radius 3 is 2.66 bits per heavy atom. The number of piperidine rings is 2. The molecule has 32 heavy (non-hydrogen) atoms. The number of nitrogens with one attached hydrogen (secondary N) is 1. The normalized spacial score (nSPS) is 23.2.